The van der Waals surface area contributed by atoms with E-state index in [2.05, 4.69) is 39.2 Å². The summed E-state index contributed by atoms with van der Waals surface area (Å²) in [5.41, 5.74) is 1.23. The van der Waals surface area contributed by atoms with Crippen LogP contribution in [0, 0.1) is 0 Å². The van der Waals surface area contributed by atoms with Crippen LogP contribution in [0.2, 0.25) is 0 Å². The van der Waals surface area contributed by atoms with Gasteiger partial charge in [-0.2, -0.15) is 0 Å². The summed E-state index contributed by atoms with van der Waals surface area (Å²) in [6.45, 7) is 9.24. The van der Waals surface area contributed by atoms with Crippen molar-refractivity contribution in [2.24, 2.45) is 0 Å². The van der Waals surface area contributed by atoms with Crippen LogP contribution in [0.5, 0.6) is 0 Å². The SMILES string of the molecule is CCNc1ccc(N2CCN(C3COC3)CC2)cn1. The Kier molecular flexibility index (Phi) is 3.84. The first-order chi connectivity index (χ1) is 9.36. The molecule has 1 aromatic rings. The van der Waals surface area contributed by atoms with Crippen molar-refractivity contribution >= 4 is 11.5 Å². The standard InChI is InChI=1S/C14H22N4O/c1-2-15-14-4-3-12(9-16-14)17-5-7-18(8-6-17)13-10-19-11-13/h3-4,9,13H,2,5-8,10-11H2,1H3,(H,15,16). The zero-order valence-corrected chi connectivity index (χ0v) is 11.5. The fourth-order valence-electron chi connectivity index (χ4n) is 2.64. The van der Waals surface area contributed by atoms with Crippen molar-refractivity contribution in [1.82, 2.24) is 9.88 Å². The highest BCUT2D eigenvalue weighted by molar-refractivity contribution is 5.49. The van der Waals surface area contributed by atoms with Crippen molar-refractivity contribution in [2.75, 3.05) is 56.2 Å². The van der Waals surface area contributed by atoms with Gasteiger partial charge in [0.1, 0.15) is 5.82 Å². The molecule has 2 saturated heterocycles. The van der Waals surface area contributed by atoms with E-state index in [0.717, 1.165) is 51.8 Å². The maximum absolute atomic E-state index is 5.26. The molecule has 3 heterocycles. The number of anilines is 2. The third-order valence-electron chi connectivity index (χ3n) is 3.92. The predicted molar refractivity (Wildman–Crippen MR) is 76.8 cm³/mol. The van der Waals surface area contributed by atoms with E-state index in [9.17, 15) is 0 Å². The lowest BCUT2D eigenvalue weighted by molar-refractivity contribution is -0.0660. The van der Waals surface area contributed by atoms with E-state index in [1.165, 1.54) is 5.69 Å². The Labute approximate surface area is 114 Å². The summed E-state index contributed by atoms with van der Waals surface area (Å²) in [7, 11) is 0. The molecule has 5 nitrogen and oxygen atoms in total. The third kappa shape index (κ3) is 2.82. The van der Waals surface area contributed by atoms with Crippen LogP contribution in [0.4, 0.5) is 11.5 Å². The Morgan fingerprint density at radius 3 is 2.58 bits per heavy atom. The fraction of sp³-hybridized carbons (Fsp3) is 0.643. The highest BCUT2D eigenvalue weighted by Crippen LogP contribution is 2.19. The Bertz CT molecular complexity index is 396. The first-order valence-electron chi connectivity index (χ1n) is 7.13. The van der Waals surface area contributed by atoms with Gasteiger partial charge in [0.25, 0.3) is 0 Å². The zero-order chi connectivity index (χ0) is 13.1. The van der Waals surface area contributed by atoms with Gasteiger partial charge in [-0.3, -0.25) is 4.90 Å². The topological polar surface area (TPSA) is 40.6 Å². The second-order valence-electron chi connectivity index (χ2n) is 5.15. The van der Waals surface area contributed by atoms with Gasteiger partial charge >= 0.3 is 0 Å². The van der Waals surface area contributed by atoms with Gasteiger partial charge in [0.2, 0.25) is 0 Å². The summed E-state index contributed by atoms with van der Waals surface area (Å²) in [4.78, 5) is 9.40. The van der Waals surface area contributed by atoms with Crippen molar-refractivity contribution in [1.29, 1.82) is 0 Å². The molecule has 0 unspecified atom stereocenters. The molecular weight excluding hydrogens is 240 g/mol. The van der Waals surface area contributed by atoms with Gasteiger partial charge in [-0.1, -0.05) is 0 Å². The Balaban J connectivity index is 1.55. The van der Waals surface area contributed by atoms with Crippen molar-refractivity contribution in [2.45, 2.75) is 13.0 Å². The average Bonchev–Trinajstić information content (AvgIpc) is 2.39. The number of ether oxygens (including phenoxy) is 1. The van der Waals surface area contributed by atoms with Gasteiger partial charge < -0.3 is 15.0 Å². The molecule has 0 radical (unpaired) electrons. The molecule has 2 aliphatic heterocycles. The van der Waals surface area contributed by atoms with Crippen LogP contribution in [0.25, 0.3) is 0 Å². The number of piperazine rings is 1. The predicted octanol–water partition coefficient (Wildman–Crippen LogP) is 1.03. The van der Waals surface area contributed by atoms with Gasteiger partial charge in [0.05, 0.1) is 31.1 Å². The molecule has 3 rings (SSSR count). The number of pyridine rings is 1. The van der Waals surface area contributed by atoms with Crippen LogP contribution in [0.3, 0.4) is 0 Å². The van der Waals surface area contributed by atoms with Crippen LogP contribution < -0.4 is 10.2 Å². The molecule has 0 bridgehead atoms. The summed E-state index contributed by atoms with van der Waals surface area (Å²) in [5, 5.41) is 3.22. The lowest BCUT2D eigenvalue weighted by atomic mass is 10.2. The van der Waals surface area contributed by atoms with Gasteiger partial charge in [-0.15, -0.1) is 0 Å². The molecule has 0 saturated carbocycles. The van der Waals surface area contributed by atoms with Crippen LogP contribution >= 0.6 is 0 Å². The minimum Gasteiger partial charge on any atom is -0.378 e. The number of hydrogen-bond donors (Lipinski definition) is 1. The zero-order valence-electron chi connectivity index (χ0n) is 11.5. The normalized spacial score (nSPS) is 21.2. The van der Waals surface area contributed by atoms with Crippen LogP contribution in [-0.2, 0) is 4.74 Å². The Morgan fingerprint density at radius 2 is 2.05 bits per heavy atom. The molecule has 0 amide bonds. The Hall–Kier alpha value is -1.33. The molecule has 19 heavy (non-hydrogen) atoms. The Morgan fingerprint density at radius 1 is 1.26 bits per heavy atom. The highest BCUT2D eigenvalue weighted by Gasteiger charge is 2.28. The van der Waals surface area contributed by atoms with Crippen LogP contribution in [0.1, 0.15) is 6.92 Å². The minimum atomic E-state index is 0.663. The largest absolute Gasteiger partial charge is 0.378 e. The third-order valence-corrected chi connectivity index (χ3v) is 3.92. The van der Waals surface area contributed by atoms with E-state index in [4.69, 9.17) is 4.74 Å². The number of nitrogens with one attached hydrogen (secondary N) is 1. The maximum Gasteiger partial charge on any atom is 0.126 e. The molecule has 1 aromatic heterocycles. The van der Waals surface area contributed by atoms with Gasteiger partial charge in [0, 0.05) is 32.7 Å². The van der Waals surface area contributed by atoms with Gasteiger partial charge in [-0.05, 0) is 19.1 Å². The number of rotatable bonds is 4. The molecule has 2 aliphatic rings. The summed E-state index contributed by atoms with van der Waals surface area (Å²) in [6.07, 6.45) is 1.97. The number of aromatic nitrogens is 1. The van der Waals surface area contributed by atoms with Gasteiger partial charge in [0.15, 0.2) is 0 Å². The van der Waals surface area contributed by atoms with Crippen molar-refractivity contribution < 1.29 is 4.74 Å². The average molecular weight is 262 g/mol. The molecule has 0 spiro atoms. The smallest absolute Gasteiger partial charge is 0.126 e. The first-order valence-corrected chi connectivity index (χ1v) is 7.13. The molecule has 0 aromatic carbocycles. The van der Waals surface area contributed by atoms with E-state index in [1.807, 2.05) is 6.20 Å². The van der Waals surface area contributed by atoms with Crippen LogP contribution in [-0.4, -0.2) is 61.9 Å². The molecule has 0 atom stereocenters. The molecule has 0 aliphatic carbocycles. The molecule has 1 N–H and O–H groups in total. The fourth-order valence-corrected chi connectivity index (χ4v) is 2.64. The molecule has 2 fully saturated rings. The highest BCUT2D eigenvalue weighted by atomic mass is 16.5. The number of nitrogens with zero attached hydrogens (tertiary/aromatic N) is 3. The quantitative estimate of drug-likeness (QED) is 0.878. The van der Waals surface area contributed by atoms with E-state index >= 15 is 0 Å². The van der Waals surface area contributed by atoms with E-state index < -0.39 is 0 Å². The van der Waals surface area contributed by atoms with Crippen molar-refractivity contribution in [3.05, 3.63) is 18.3 Å². The lowest BCUT2D eigenvalue weighted by Crippen LogP contribution is -2.56. The summed E-state index contributed by atoms with van der Waals surface area (Å²) in [6, 6.07) is 4.88. The monoisotopic (exact) mass is 262 g/mol. The molecule has 5 heteroatoms. The van der Waals surface area contributed by atoms with E-state index in [-0.39, 0.29) is 0 Å². The second-order valence-corrected chi connectivity index (χ2v) is 5.15. The van der Waals surface area contributed by atoms with E-state index in [0.29, 0.717) is 6.04 Å². The molecule has 104 valence electrons. The van der Waals surface area contributed by atoms with Crippen molar-refractivity contribution in [3.8, 4) is 0 Å². The first kappa shape index (κ1) is 12.7. The van der Waals surface area contributed by atoms with Gasteiger partial charge in [-0.25, -0.2) is 4.98 Å². The summed E-state index contributed by atoms with van der Waals surface area (Å²) >= 11 is 0. The van der Waals surface area contributed by atoms with Crippen LogP contribution in [0.15, 0.2) is 18.3 Å². The second kappa shape index (κ2) is 5.75. The minimum absolute atomic E-state index is 0.663. The summed E-state index contributed by atoms with van der Waals surface area (Å²) < 4.78 is 5.26. The summed E-state index contributed by atoms with van der Waals surface area (Å²) in [5.74, 6) is 0.955. The lowest BCUT2D eigenvalue weighted by Gasteiger charge is -2.43. The van der Waals surface area contributed by atoms with E-state index in [1.54, 1.807) is 0 Å². The maximum atomic E-state index is 5.26. The number of hydrogen-bond acceptors (Lipinski definition) is 5. The molecular formula is C14H22N4O. The van der Waals surface area contributed by atoms with Crippen molar-refractivity contribution in [3.63, 3.8) is 0 Å².